The molecule has 31 heavy (non-hydrogen) atoms. The summed E-state index contributed by atoms with van der Waals surface area (Å²) >= 11 is 0. The van der Waals surface area contributed by atoms with Crippen LogP contribution in [0.1, 0.15) is 30.1 Å². The Morgan fingerprint density at radius 3 is 2.74 bits per heavy atom. The van der Waals surface area contributed by atoms with Crippen LogP contribution in [0.4, 0.5) is 0 Å². The Balaban J connectivity index is 0.00000231. The quantitative estimate of drug-likeness (QED) is 0.522. The maximum Gasteiger partial charge on any atom is 0.253 e. The highest BCUT2D eigenvalue weighted by Crippen LogP contribution is 2.30. The number of aryl methyl sites for hydroxylation is 2. The van der Waals surface area contributed by atoms with Crippen molar-refractivity contribution in [1.82, 2.24) is 19.0 Å². The first-order chi connectivity index (χ1) is 14.6. The highest BCUT2D eigenvalue weighted by Gasteiger charge is 2.23. The van der Waals surface area contributed by atoms with E-state index in [1.54, 1.807) is 0 Å². The SMILES string of the molecule is CCn1c(-c2nc3cc(C(=O)N4CCCC(N)C4)ccc3n2C)cc2ccccc21.Cl. The molecule has 5 rings (SSSR count). The van der Waals surface area contributed by atoms with Gasteiger partial charge in [0.25, 0.3) is 5.91 Å². The molecule has 1 saturated heterocycles. The molecule has 0 aliphatic carbocycles. The number of rotatable bonds is 3. The highest BCUT2D eigenvalue weighted by atomic mass is 35.5. The predicted octanol–water partition coefficient (Wildman–Crippen LogP) is 4.20. The lowest BCUT2D eigenvalue weighted by Gasteiger charge is -2.30. The summed E-state index contributed by atoms with van der Waals surface area (Å²) in [5.74, 6) is 0.953. The van der Waals surface area contributed by atoms with Crippen LogP contribution in [-0.4, -0.2) is 44.1 Å². The average Bonchev–Trinajstić information content (AvgIpc) is 3.30. The zero-order chi connectivity index (χ0) is 20.8. The smallest absolute Gasteiger partial charge is 0.253 e. The molecule has 0 saturated carbocycles. The van der Waals surface area contributed by atoms with Crippen molar-refractivity contribution < 1.29 is 4.79 Å². The number of likely N-dealkylation sites (tertiary alicyclic amines) is 1. The van der Waals surface area contributed by atoms with E-state index in [-0.39, 0.29) is 24.4 Å². The van der Waals surface area contributed by atoms with E-state index in [9.17, 15) is 4.79 Å². The number of carbonyl (C=O) groups excluding carboxylic acids is 1. The van der Waals surface area contributed by atoms with Crippen LogP contribution in [-0.2, 0) is 13.6 Å². The molecule has 2 aromatic carbocycles. The van der Waals surface area contributed by atoms with E-state index < -0.39 is 0 Å². The van der Waals surface area contributed by atoms with Gasteiger partial charge in [-0.05, 0) is 50.1 Å². The van der Waals surface area contributed by atoms with Crippen LogP contribution in [0.5, 0.6) is 0 Å². The second-order valence-electron chi connectivity index (χ2n) is 8.18. The van der Waals surface area contributed by atoms with Gasteiger partial charge in [-0.2, -0.15) is 0 Å². The number of aromatic nitrogens is 3. The molecule has 1 unspecified atom stereocenters. The minimum atomic E-state index is 0. The number of nitrogens with zero attached hydrogens (tertiary/aromatic N) is 4. The molecule has 1 fully saturated rings. The summed E-state index contributed by atoms with van der Waals surface area (Å²) in [6.45, 7) is 4.42. The van der Waals surface area contributed by atoms with Crippen molar-refractivity contribution in [3.8, 4) is 11.5 Å². The number of nitrogens with two attached hydrogens (primary N) is 1. The van der Waals surface area contributed by atoms with Gasteiger partial charge in [-0.15, -0.1) is 12.4 Å². The molecular formula is C24H28ClN5O. The molecule has 0 radical (unpaired) electrons. The van der Waals surface area contributed by atoms with E-state index in [2.05, 4.69) is 46.4 Å². The summed E-state index contributed by atoms with van der Waals surface area (Å²) in [7, 11) is 2.04. The van der Waals surface area contributed by atoms with E-state index in [4.69, 9.17) is 10.7 Å². The monoisotopic (exact) mass is 437 g/mol. The van der Waals surface area contributed by atoms with Crippen molar-refractivity contribution in [3.63, 3.8) is 0 Å². The van der Waals surface area contributed by atoms with E-state index in [1.807, 2.05) is 30.1 Å². The van der Waals surface area contributed by atoms with Crippen LogP contribution < -0.4 is 5.73 Å². The summed E-state index contributed by atoms with van der Waals surface area (Å²) < 4.78 is 4.40. The lowest BCUT2D eigenvalue weighted by atomic mass is 10.1. The zero-order valence-corrected chi connectivity index (χ0v) is 18.7. The maximum atomic E-state index is 13.0. The first-order valence-corrected chi connectivity index (χ1v) is 10.7. The largest absolute Gasteiger partial charge is 0.338 e. The number of fused-ring (bicyclic) bond motifs is 2. The predicted molar refractivity (Wildman–Crippen MR) is 128 cm³/mol. The molecule has 1 aliphatic rings. The maximum absolute atomic E-state index is 13.0. The summed E-state index contributed by atoms with van der Waals surface area (Å²) in [6.07, 6.45) is 1.95. The Bertz CT molecular complexity index is 1260. The molecule has 0 spiro atoms. The normalized spacial score (nSPS) is 16.6. The molecule has 7 heteroatoms. The molecule has 2 N–H and O–H groups in total. The second-order valence-corrected chi connectivity index (χ2v) is 8.18. The summed E-state index contributed by atoms with van der Waals surface area (Å²) in [4.78, 5) is 19.8. The van der Waals surface area contributed by atoms with Crippen molar-refractivity contribution in [2.75, 3.05) is 13.1 Å². The van der Waals surface area contributed by atoms with E-state index in [1.165, 1.54) is 10.9 Å². The fourth-order valence-electron chi connectivity index (χ4n) is 4.68. The fraction of sp³-hybridized carbons (Fsp3) is 0.333. The van der Waals surface area contributed by atoms with Gasteiger partial charge >= 0.3 is 0 Å². The fourth-order valence-corrected chi connectivity index (χ4v) is 4.68. The van der Waals surface area contributed by atoms with Crippen molar-refractivity contribution in [2.24, 2.45) is 12.8 Å². The topological polar surface area (TPSA) is 69.1 Å². The Morgan fingerprint density at radius 2 is 1.97 bits per heavy atom. The van der Waals surface area contributed by atoms with Crippen LogP contribution in [0.15, 0.2) is 48.5 Å². The summed E-state index contributed by atoms with van der Waals surface area (Å²) in [5.41, 5.74) is 10.9. The third-order valence-corrected chi connectivity index (χ3v) is 6.23. The second kappa shape index (κ2) is 8.36. The number of hydrogen-bond donors (Lipinski definition) is 1. The van der Waals surface area contributed by atoms with Gasteiger partial charge in [0.15, 0.2) is 5.82 Å². The van der Waals surface area contributed by atoms with E-state index >= 15 is 0 Å². The van der Waals surface area contributed by atoms with Gasteiger partial charge in [-0.25, -0.2) is 4.98 Å². The molecule has 3 heterocycles. The number of halogens is 1. The van der Waals surface area contributed by atoms with Crippen LogP contribution >= 0.6 is 12.4 Å². The molecule has 162 valence electrons. The van der Waals surface area contributed by atoms with Crippen LogP contribution in [0.25, 0.3) is 33.5 Å². The van der Waals surface area contributed by atoms with Gasteiger partial charge < -0.3 is 19.8 Å². The number of imidazole rings is 1. The van der Waals surface area contributed by atoms with Gasteiger partial charge in [0, 0.05) is 49.2 Å². The van der Waals surface area contributed by atoms with Gasteiger partial charge in [0.05, 0.1) is 16.7 Å². The summed E-state index contributed by atoms with van der Waals surface area (Å²) in [5, 5.41) is 1.21. The Morgan fingerprint density at radius 1 is 1.16 bits per heavy atom. The van der Waals surface area contributed by atoms with Crippen LogP contribution in [0.3, 0.4) is 0 Å². The van der Waals surface area contributed by atoms with Crippen molar-refractivity contribution in [3.05, 3.63) is 54.1 Å². The number of amides is 1. The third-order valence-electron chi connectivity index (χ3n) is 6.23. The van der Waals surface area contributed by atoms with Gasteiger partial charge in [-0.3, -0.25) is 4.79 Å². The lowest BCUT2D eigenvalue weighted by molar-refractivity contribution is 0.0709. The average molecular weight is 438 g/mol. The number of hydrogen-bond acceptors (Lipinski definition) is 3. The molecule has 6 nitrogen and oxygen atoms in total. The third kappa shape index (κ3) is 3.60. The molecule has 1 atom stereocenters. The van der Waals surface area contributed by atoms with Crippen molar-refractivity contribution in [1.29, 1.82) is 0 Å². The number of para-hydroxylation sites is 1. The minimum Gasteiger partial charge on any atom is -0.338 e. The Labute approximate surface area is 188 Å². The first kappa shape index (κ1) is 21.4. The number of benzene rings is 2. The molecule has 1 amide bonds. The van der Waals surface area contributed by atoms with Crippen LogP contribution in [0.2, 0.25) is 0 Å². The number of piperidine rings is 1. The van der Waals surface area contributed by atoms with Gasteiger partial charge in [0.1, 0.15) is 0 Å². The molecule has 2 aromatic heterocycles. The van der Waals surface area contributed by atoms with Crippen molar-refractivity contribution in [2.45, 2.75) is 32.4 Å². The van der Waals surface area contributed by atoms with E-state index in [0.29, 0.717) is 12.1 Å². The molecule has 0 bridgehead atoms. The van der Waals surface area contributed by atoms with Gasteiger partial charge in [0.2, 0.25) is 0 Å². The van der Waals surface area contributed by atoms with Crippen molar-refractivity contribution >= 4 is 40.3 Å². The molecule has 1 aliphatic heterocycles. The minimum absolute atomic E-state index is 0. The number of carbonyl (C=O) groups is 1. The Hall–Kier alpha value is -2.83. The highest BCUT2D eigenvalue weighted by molar-refractivity contribution is 5.98. The summed E-state index contributed by atoms with van der Waals surface area (Å²) in [6, 6.07) is 16.5. The first-order valence-electron chi connectivity index (χ1n) is 10.7. The standard InChI is InChI=1S/C24H27N5O.ClH/c1-3-29-20-9-5-4-7-16(20)14-22(29)23-26-19-13-17(10-11-21(19)27(23)2)24(30)28-12-6-8-18(25)15-28;/h4-5,7,9-11,13-14,18H,3,6,8,12,15,25H2,1-2H3;1H. The molecular weight excluding hydrogens is 410 g/mol. The Kier molecular flexibility index (Phi) is 5.77. The lowest BCUT2D eigenvalue weighted by Crippen LogP contribution is -2.45. The van der Waals surface area contributed by atoms with Gasteiger partial charge in [-0.1, -0.05) is 18.2 Å². The molecule has 4 aromatic rings. The zero-order valence-electron chi connectivity index (χ0n) is 17.9. The van der Waals surface area contributed by atoms with Crippen LogP contribution in [0, 0.1) is 0 Å². The van der Waals surface area contributed by atoms with E-state index in [0.717, 1.165) is 48.5 Å².